The summed E-state index contributed by atoms with van der Waals surface area (Å²) < 4.78 is 15.0. The van der Waals surface area contributed by atoms with Gasteiger partial charge in [-0.3, -0.25) is 4.68 Å². The molecule has 1 unspecified atom stereocenters. The average Bonchev–Trinajstić information content (AvgIpc) is 2.72. The van der Waals surface area contributed by atoms with Crippen LogP contribution in [0.3, 0.4) is 0 Å². The van der Waals surface area contributed by atoms with Crippen LogP contribution >= 0.6 is 0 Å². The number of hydrogen-bond donors (Lipinski definition) is 2. The lowest BCUT2D eigenvalue weighted by atomic mass is 10.0. The van der Waals surface area contributed by atoms with Gasteiger partial charge in [0.2, 0.25) is 0 Å². The number of aromatic nitrogens is 2. The van der Waals surface area contributed by atoms with Crippen molar-refractivity contribution in [1.82, 2.24) is 9.78 Å². The van der Waals surface area contributed by atoms with E-state index in [-0.39, 0.29) is 0 Å². The molecule has 0 aliphatic rings. The van der Waals surface area contributed by atoms with Crippen LogP contribution < -0.4 is 5.73 Å². The van der Waals surface area contributed by atoms with E-state index < -0.39 is 11.9 Å². The van der Waals surface area contributed by atoms with Crippen molar-refractivity contribution < 1.29 is 9.50 Å². The van der Waals surface area contributed by atoms with Crippen LogP contribution in [-0.2, 0) is 13.0 Å². The topological polar surface area (TPSA) is 64.1 Å². The first-order valence-corrected chi connectivity index (χ1v) is 6.27. The van der Waals surface area contributed by atoms with Gasteiger partial charge in [-0.2, -0.15) is 5.10 Å². The summed E-state index contributed by atoms with van der Waals surface area (Å²) in [4.78, 5) is 0. The molecular weight excluding hydrogens is 245 g/mol. The number of nitrogen functional groups attached to an aromatic ring is 1. The Morgan fingerprint density at radius 2 is 2.16 bits per heavy atom. The van der Waals surface area contributed by atoms with E-state index in [9.17, 15) is 9.50 Å². The van der Waals surface area contributed by atoms with Crippen molar-refractivity contribution in [3.05, 3.63) is 47.0 Å². The molecule has 1 aromatic heterocycles. The van der Waals surface area contributed by atoms with Gasteiger partial charge in [0, 0.05) is 29.9 Å². The summed E-state index contributed by atoms with van der Waals surface area (Å²) >= 11 is 0. The van der Waals surface area contributed by atoms with Gasteiger partial charge < -0.3 is 10.8 Å². The number of benzene rings is 1. The summed E-state index contributed by atoms with van der Waals surface area (Å²) in [5.41, 5.74) is 8.40. The predicted octanol–water partition coefficient (Wildman–Crippen LogP) is 2.21. The molecule has 0 amide bonds. The zero-order valence-electron chi connectivity index (χ0n) is 11.1. The Morgan fingerprint density at radius 1 is 1.42 bits per heavy atom. The summed E-state index contributed by atoms with van der Waals surface area (Å²) in [6.45, 7) is 4.62. The molecule has 5 heteroatoms. The maximum absolute atomic E-state index is 13.2. The average molecular weight is 263 g/mol. The Kier molecular flexibility index (Phi) is 3.85. The molecule has 2 rings (SSSR count). The van der Waals surface area contributed by atoms with Gasteiger partial charge in [0.15, 0.2) is 0 Å². The maximum Gasteiger partial charge on any atom is 0.123 e. The lowest BCUT2D eigenvalue weighted by molar-refractivity contribution is 0.175. The van der Waals surface area contributed by atoms with Gasteiger partial charge in [-0.05, 0) is 38.1 Å². The monoisotopic (exact) mass is 263 g/mol. The largest absolute Gasteiger partial charge is 0.398 e. The second kappa shape index (κ2) is 5.40. The Balaban J connectivity index is 2.25. The van der Waals surface area contributed by atoms with E-state index in [1.54, 1.807) is 0 Å². The van der Waals surface area contributed by atoms with E-state index in [0.717, 1.165) is 17.9 Å². The highest BCUT2D eigenvalue weighted by Crippen LogP contribution is 2.25. The lowest BCUT2D eigenvalue weighted by Gasteiger charge is -2.14. The Morgan fingerprint density at radius 3 is 2.84 bits per heavy atom. The third-order valence-corrected chi connectivity index (χ3v) is 3.10. The molecule has 2 aromatic rings. The summed E-state index contributed by atoms with van der Waals surface area (Å²) in [6, 6.07) is 5.95. The van der Waals surface area contributed by atoms with Crippen molar-refractivity contribution in [2.24, 2.45) is 0 Å². The molecule has 19 heavy (non-hydrogen) atoms. The molecule has 0 saturated carbocycles. The second-order valence-corrected chi connectivity index (χ2v) is 4.59. The van der Waals surface area contributed by atoms with Crippen LogP contribution in [0.5, 0.6) is 0 Å². The number of aliphatic hydroxyl groups is 1. The van der Waals surface area contributed by atoms with Crippen molar-refractivity contribution in [1.29, 1.82) is 0 Å². The van der Waals surface area contributed by atoms with Gasteiger partial charge in [0.05, 0.1) is 11.8 Å². The van der Waals surface area contributed by atoms with E-state index in [4.69, 9.17) is 5.73 Å². The fraction of sp³-hybridized carbons (Fsp3) is 0.357. The van der Waals surface area contributed by atoms with E-state index >= 15 is 0 Å². The van der Waals surface area contributed by atoms with Crippen molar-refractivity contribution in [2.45, 2.75) is 32.9 Å². The standard InChI is InChI=1S/C14H18FN3O/c1-3-18-11(6-9(2)17-18)8-14(19)12-7-10(15)4-5-13(12)16/h4-7,14,19H,3,8,16H2,1-2H3. The quantitative estimate of drug-likeness (QED) is 0.831. The molecule has 0 fully saturated rings. The molecule has 3 N–H and O–H groups in total. The molecule has 0 radical (unpaired) electrons. The lowest BCUT2D eigenvalue weighted by Crippen LogP contribution is -2.10. The van der Waals surface area contributed by atoms with Crippen LogP contribution in [0, 0.1) is 12.7 Å². The number of halogens is 1. The van der Waals surface area contributed by atoms with Crippen molar-refractivity contribution in [3.63, 3.8) is 0 Å². The fourth-order valence-corrected chi connectivity index (χ4v) is 2.18. The van der Waals surface area contributed by atoms with Gasteiger partial charge in [-0.25, -0.2) is 4.39 Å². The first-order chi connectivity index (χ1) is 9.01. The SMILES string of the molecule is CCn1nc(C)cc1CC(O)c1cc(F)ccc1N. The zero-order valence-corrected chi connectivity index (χ0v) is 11.1. The van der Waals surface area contributed by atoms with Crippen LogP contribution in [0.15, 0.2) is 24.3 Å². The molecule has 0 spiro atoms. The Hall–Kier alpha value is -1.88. The first kappa shape index (κ1) is 13.5. The number of nitrogens with two attached hydrogens (primary N) is 1. The minimum atomic E-state index is -0.836. The minimum absolute atomic E-state index is 0.363. The molecule has 1 heterocycles. The number of anilines is 1. The van der Waals surface area contributed by atoms with Crippen molar-refractivity contribution in [2.75, 3.05) is 5.73 Å². The van der Waals surface area contributed by atoms with Crippen LogP contribution in [0.4, 0.5) is 10.1 Å². The predicted molar refractivity (Wildman–Crippen MR) is 72.1 cm³/mol. The van der Waals surface area contributed by atoms with Crippen LogP contribution in [0.2, 0.25) is 0 Å². The highest BCUT2D eigenvalue weighted by atomic mass is 19.1. The van der Waals surface area contributed by atoms with Gasteiger partial charge in [0.1, 0.15) is 5.82 Å². The summed E-state index contributed by atoms with van der Waals surface area (Å²) in [5.74, 6) is -0.400. The molecule has 0 saturated heterocycles. The van der Waals surface area contributed by atoms with Crippen LogP contribution in [0.25, 0.3) is 0 Å². The molecular formula is C14H18FN3O. The molecule has 1 atom stereocenters. The van der Waals surface area contributed by atoms with E-state index in [0.29, 0.717) is 17.7 Å². The number of aryl methyl sites for hydroxylation is 2. The fourth-order valence-electron chi connectivity index (χ4n) is 2.18. The van der Waals surface area contributed by atoms with Crippen molar-refractivity contribution >= 4 is 5.69 Å². The van der Waals surface area contributed by atoms with Crippen LogP contribution in [0.1, 0.15) is 30.0 Å². The van der Waals surface area contributed by atoms with Crippen LogP contribution in [-0.4, -0.2) is 14.9 Å². The third kappa shape index (κ3) is 2.93. The van der Waals surface area contributed by atoms with Crippen molar-refractivity contribution in [3.8, 4) is 0 Å². The number of hydrogen-bond acceptors (Lipinski definition) is 3. The first-order valence-electron chi connectivity index (χ1n) is 6.27. The molecule has 0 bridgehead atoms. The molecule has 0 aliphatic heterocycles. The number of rotatable bonds is 4. The van der Waals surface area contributed by atoms with E-state index in [1.807, 2.05) is 24.6 Å². The smallest absolute Gasteiger partial charge is 0.123 e. The number of nitrogens with zero attached hydrogens (tertiary/aromatic N) is 2. The van der Waals surface area contributed by atoms with Gasteiger partial charge in [0.25, 0.3) is 0 Å². The third-order valence-electron chi connectivity index (χ3n) is 3.10. The van der Waals surface area contributed by atoms with Gasteiger partial charge in [-0.15, -0.1) is 0 Å². The molecule has 4 nitrogen and oxygen atoms in total. The van der Waals surface area contributed by atoms with E-state index in [1.165, 1.54) is 18.2 Å². The molecule has 1 aromatic carbocycles. The Labute approximate surface area is 111 Å². The van der Waals surface area contributed by atoms with Gasteiger partial charge >= 0.3 is 0 Å². The number of aliphatic hydroxyl groups excluding tert-OH is 1. The highest BCUT2D eigenvalue weighted by Gasteiger charge is 2.15. The second-order valence-electron chi connectivity index (χ2n) is 4.59. The maximum atomic E-state index is 13.2. The molecule has 0 aliphatic carbocycles. The zero-order chi connectivity index (χ0) is 14.0. The Bertz CT molecular complexity index is 580. The minimum Gasteiger partial charge on any atom is -0.398 e. The van der Waals surface area contributed by atoms with E-state index in [2.05, 4.69) is 5.10 Å². The normalized spacial score (nSPS) is 12.6. The van der Waals surface area contributed by atoms with Gasteiger partial charge in [-0.1, -0.05) is 0 Å². The summed E-state index contributed by atoms with van der Waals surface area (Å²) in [6.07, 6.45) is -0.473. The highest BCUT2D eigenvalue weighted by molar-refractivity contribution is 5.48. The summed E-state index contributed by atoms with van der Waals surface area (Å²) in [5, 5.41) is 14.5. The summed E-state index contributed by atoms with van der Waals surface area (Å²) in [7, 11) is 0. The molecule has 102 valence electrons.